The lowest BCUT2D eigenvalue weighted by Gasteiger charge is -2.24. The van der Waals surface area contributed by atoms with Crippen LogP contribution in [0.25, 0.3) is 0 Å². The monoisotopic (exact) mass is 405 g/mol. The molecule has 0 unspecified atom stereocenters. The Kier molecular flexibility index (Phi) is 7.53. The Balaban J connectivity index is 1.43. The number of likely N-dealkylation sites (N-methyl/N-ethyl adjacent to an activating group) is 1. The molecule has 1 heterocycles. The van der Waals surface area contributed by atoms with E-state index in [1.165, 1.54) is 41.8 Å². The van der Waals surface area contributed by atoms with Gasteiger partial charge in [-0.3, -0.25) is 4.98 Å². The molecule has 6 heteroatoms. The normalized spacial score (nSPS) is 13.9. The van der Waals surface area contributed by atoms with Crippen LogP contribution >= 0.6 is 0 Å². The summed E-state index contributed by atoms with van der Waals surface area (Å²) in [5.41, 5.74) is 4.19. The molecule has 0 saturated carbocycles. The highest BCUT2D eigenvalue weighted by atomic mass is 19.4. The van der Waals surface area contributed by atoms with E-state index in [0.29, 0.717) is 18.8 Å². The first kappa shape index (κ1) is 21.6. The number of aromatic nitrogens is 1. The average Bonchev–Trinajstić information content (AvgIpc) is 2.73. The minimum atomic E-state index is -4.31. The molecule has 1 aliphatic rings. The third-order valence-corrected chi connectivity index (χ3v) is 5.61. The number of halogens is 3. The minimum absolute atomic E-state index is 0.595. The number of benzene rings is 1. The van der Waals surface area contributed by atoms with Crippen LogP contribution in [0.1, 0.15) is 48.6 Å². The lowest BCUT2D eigenvalue weighted by Crippen LogP contribution is -2.32. The van der Waals surface area contributed by atoms with Crippen molar-refractivity contribution in [2.45, 2.75) is 51.6 Å². The number of aryl methyl sites for hydroxylation is 2. The zero-order valence-electron chi connectivity index (χ0n) is 17.1. The fraction of sp³-hybridized carbons (Fsp3) is 0.522. The average molecular weight is 406 g/mol. The second-order valence-electron chi connectivity index (χ2n) is 7.58. The van der Waals surface area contributed by atoms with Gasteiger partial charge in [0, 0.05) is 37.2 Å². The first-order chi connectivity index (χ1) is 14.0. The molecule has 1 aliphatic carbocycles. The Bertz CT molecular complexity index is 789. The van der Waals surface area contributed by atoms with Crippen LogP contribution in [0.15, 0.2) is 36.5 Å². The van der Waals surface area contributed by atoms with Gasteiger partial charge in [-0.2, -0.15) is 13.2 Å². The molecule has 3 nitrogen and oxygen atoms in total. The Morgan fingerprint density at radius 3 is 2.72 bits per heavy atom. The van der Waals surface area contributed by atoms with Crippen LogP contribution in [-0.2, 0) is 25.4 Å². The van der Waals surface area contributed by atoms with Gasteiger partial charge < -0.3 is 10.2 Å². The van der Waals surface area contributed by atoms with Gasteiger partial charge in [-0.1, -0.05) is 6.07 Å². The van der Waals surface area contributed by atoms with Crippen LogP contribution in [0.3, 0.4) is 0 Å². The van der Waals surface area contributed by atoms with Crippen LogP contribution in [-0.4, -0.2) is 31.2 Å². The summed E-state index contributed by atoms with van der Waals surface area (Å²) in [6, 6.07) is 7.72. The largest absolute Gasteiger partial charge is 0.416 e. The van der Waals surface area contributed by atoms with E-state index in [9.17, 15) is 13.2 Å². The first-order valence-corrected chi connectivity index (χ1v) is 10.6. The molecule has 2 aromatic rings. The van der Waals surface area contributed by atoms with Crippen LogP contribution in [0.4, 0.5) is 18.9 Å². The number of rotatable bonds is 9. The van der Waals surface area contributed by atoms with E-state index in [1.54, 1.807) is 6.07 Å². The van der Waals surface area contributed by atoms with Gasteiger partial charge in [0.25, 0.3) is 0 Å². The maximum Gasteiger partial charge on any atom is 0.416 e. The van der Waals surface area contributed by atoms with Crippen molar-refractivity contribution in [2.75, 3.05) is 31.1 Å². The molecule has 0 radical (unpaired) electrons. The van der Waals surface area contributed by atoms with Crippen LogP contribution < -0.4 is 10.2 Å². The lowest BCUT2D eigenvalue weighted by atomic mass is 9.91. The third-order valence-electron chi connectivity index (χ3n) is 5.61. The van der Waals surface area contributed by atoms with Crippen molar-refractivity contribution in [2.24, 2.45) is 0 Å². The molecular formula is C23H30F3N3. The zero-order valence-corrected chi connectivity index (χ0v) is 17.1. The zero-order chi connectivity index (χ0) is 20.7. The second kappa shape index (κ2) is 10.1. The molecule has 0 aliphatic heterocycles. The minimum Gasteiger partial charge on any atom is -0.371 e. The van der Waals surface area contributed by atoms with E-state index < -0.39 is 11.7 Å². The van der Waals surface area contributed by atoms with Gasteiger partial charge >= 0.3 is 6.18 Å². The molecule has 0 bridgehead atoms. The summed E-state index contributed by atoms with van der Waals surface area (Å²) < 4.78 is 38.8. The van der Waals surface area contributed by atoms with E-state index in [4.69, 9.17) is 0 Å². The van der Waals surface area contributed by atoms with E-state index in [2.05, 4.69) is 16.4 Å². The number of fused-ring (bicyclic) bond motifs is 1. The van der Waals surface area contributed by atoms with Crippen molar-refractivity contribution in [1.29, 1.82) is 0 Å². The predicted octanol–water partition coefficient (Wildman–Crippen LogP) is 5.03. The molecular weight excluding hydrogens is 375 g/mol. The summed E-state index contributed by atoms with van der Waals surface area (Å²) in [6.07, 6.45) is 4.46. The van der Waals surface area contributed by atoms with Crippen molar-refractivity contribution in [1.82, 2.24) is 10.3 Å². The van der Waals surface area contributed by atoms with E-state index in [0.717, 1.165) is 44.8 Å². The molecule has 3 rings (SSSR count). The van der Waals surface area contributed by atoms with E-state index >= 15 is 0 Å². The highest BCUT2D eigenvalue weighted by Crippen LogP contribution is 2.31. The Labute approximate surface area is 171 Å². The highest BCUT2D eigenvalue weighted by Gasteiger charge is 2.30. The van der Waals surface area contributed by atoms with Crippen molar-refractivity contribution in [3.05, 3.63) is 58.9 Å². The predicted molar refractivity (Wildman–Crippen MR) is 111 cm³/mol. The van der Waals surface area contributed by atoms with Crippen molar-refractivity contribution >= 4 is 5.69 Å². The maximum atomic E-state index is 12.9. The standard InChI is InChI=1S/C23H30F3N3/c1-2-29(20-9-5-8-19(17-20)23(24,25)26)16-15-27-13-6-7-18-12-14-28-22-11-4-3-10-21(18)22/h5,8-9,12,14,17,27H,2-4,6-7,10-11,13,15-16H2,1H3. The molecule has 0 atom stereocenters. The van der Waals surface area contributed by atoms with Gasteiger partial charge in [-0.25, -0.2) is 0 Å². The third kappa shape index (κ3) is 5.95. The summed E-state index contributed by atoms with van der Waals surface area (Å²) >= 11 is 0. The smallest absolute Gasteiger partial charge is 0.371 e. The number of hydrogen-bond acceptors (Lipinski definition) is 3. The number of pyridine rings is 1. The van der Waals surface area contributed by atoms with Gasteiger partial charge in [0.05, 0.1) is 5.56 Å². The molecule has 29 heavy (non-hydrogen) atoms. The van der Waals surface area contributed by atoms with Gasteiger partial charge in [0.1, 0.15) is 0 Å². The molecule has 0 spiro atoms. The SMILES string of the molecule is CCN(CCNCCCc1ccnc2c1CCCC2)c1cccc(C(F)(F)F)c1. The Morgan fingerprint density at radius 1 is 1.10 bits per heavy atom. The van der Waals surface area contributed by atoms with Gasteiger partial charge in [0.15, 0.2) is 0 Å². The molecule has 1 aromatic heterocycles. The summed E-state index contributed by atoms with van der Waals surface area (Å²) in [5.74, 6) is 0. The number of anilines is 1. The number of alkyl halides is 3. The van der Waals surface area contributed by atoms with Gasteiger partial charge in [-0.05, 0) is 87.4 Å². The number of nitrogens with one attached hydrogen (secondary N) is 1. The quantitative estimate of drug-likeness (QED) is 0.593. The summed E-state index contributed by atoms with van der Waals surface area (Å²) in [4.78, 5) is 6.50. The van der Waals surface area contributed by atoms with Crippen LogP contribution in [0, 0.1) is 0 Å². The summed E-state index contributed by atoms with van der Waals surface area (Å²) in [5, 5.41) is 3.44. The fourth-order valence-corrected chi connectivity index (χ4v) is 4.02. The summed E-state index contributed by atoms with van der Waals surface area (Å²) in [6.45, 7) is 4.97. The first-order valence-electron chi connectivity index (χ1n) is 10.6. The van der Waals surface area contributed by atoms with Crippen molar-refractivity contribution in [3.8, 4) is 0 Å². The maximum absolute atomic E-state index is 12.9. The van der Waals surface area contributed by atoms with Crippen LogP contribution in [0.2, 0.25) is 0 Å². The topological polar surface area (TPSA) is 28.2 Å². The Hall–Kier alpha value is -2.08. The second-order valence-corrected chi connectivity index (χ2v) is 7.58. The molecule has 0 saturated heterocycles. The van der Waals surface area contributed by atoms with Crippen molar-refractivity contribution in [3.63, 3.8) is 0 Å². The Morgan fingerprint density at radius 2 is 1.93 bits per heavy atom. The molecule has 158 valence electrons. The number of nitrogens with zero attached hydrogens (tertiary/aromatic N) is 2. The van der Waals surface area contributed by atoms with Crippen molar-refractivity contribution < 1.29 is 13.2 Å². The molecule has 0 amide bonds. The van der Waals surface area contributed by atoms with Crippen LogP contribution in [0.5, 0.6) is 0 Å². The summed E-state index contributed by atoms with van der Waals surface area (Å²) in [7, 11) is 0. The van der Waals surface area contributed by atoms with E-state index in [1.807, 2.05) is 18.0 Å². The number of hydrogen-bond donors (Lipinski definition) is 1. The molecule has 1 aromatic carbocycles. The van der Waals surface area contributed by atoms with Gasteiger partial charge in [0.2, 0.25) is 0 Å². The lowest BCUT2D eigenvalue weighted by molar-refractivity contribution is -0.137. The fourth-order valence-electron chi connectivity index (χ4n) is 4.02. The molecule has 1 N–H and O–H groups in total. The highest BCUT2D eigenvalue weighted by molar-refractivity contribution is 5.49. The van der Waals surface area contributed by atoms with E-state index in [-0.39, 0.29) is 0 Å². The van der Waals surface area contributed by atoms with Gasteiger partial charge in [-0.15, -0.1) is 0 Å². The molecule has 0 fully saturated rings.